The number of nitrogens with zero attached hydrogens (tertiary/aromatic N) is 2. The second kappa shape index (κ2) is 7.05. The van der Waals surface area contributed by atoms with E-state index in [1.54, 1.807) is 6.20 Å². The maximum Gasteiger partial charge on any atom is 0.327 e. The minimum absolute atomic E-state index is 0.326. The predicted molar refractivity (Wildman–Crippen MR) is 69.5 cm³/mol. The molecular weight excluding hydrogens is 254 g/mol. The highest BCUT2D eigenvalue weighted by Gasteiger charge is 2.17. The van der Waals surface area contributed by atoms with Crippen molar-refractivity contribution in [3.8, 4) is 0 Å². The highest BCUT2D eigenvalue weighted by Crippen LogP contribution is 2.06. The first-order valence-corrected chi connectivity index (χ1v) is 6.71. The Labute approximate surface area is 110 Å². The number of aliphatic carboxylic acids is 1. The van der Waals surface area contributed by atoms with Crippen molar-refractivity contribution in [2.24, 2.45) is 0 Å². The number of aromatic nitrogens is 2. The maximum absolute atomic E-state index is 10.9. The second-order valence-corrected chi connectivity index (χ2v) is 4.98. The molecule has 18 heavy (non-hydrogen) atoms. The van der Waals surface area contributed by atoms with Gasteiger partial charge in [-0.15, -0.1) is 0 Å². The molecule has 0 fully saturated rings. The van der Waals surface area contributed by atoms with Crippen molar-refractivity contribution in [2.45, 2.75) is 26.4 Å². The van der Waals surface area contributed by atoms with Gasteiger partial charge in [0.05, 0.1) is 0 Å². The van der Waals surface area contributed by atoms with Crippen LogP contribution in [-0.2, 0) is 16.1 Å². The number of carboxylic acids is 1. The topological polar surface area (TPSA) is 84.2 Å². The summed E-state index contributed by atoms with van der Waals surface area (Å²) >= 11 is 1.49. The van der Waals surface area contributed by atoms with Gasteiger partial charge in [-0.05, 0) is 6.92 Å². The zero-order valence-electron chi connectivity index (χ0n) is 10.4. The fourth-order valence-corrected chi connectivity index (χ4v) is 2.38. The number of hydrogen-bond donors (Lipinski definition) is 2. The Morgan fingerprint density at radius 2 is 2.33 bits per heavy atom. The third-order valence-corrected chi connectivity index (χ3v) is 3.40. The summed E-state index contributed by atoms with van der Waals surface area (Å²) in [7, 11) is 0. The molecule has 0 aliphatic carbocycles. The molecule has 2 N–H and O–H groups in total. The van der Waals surface area contributed by atoms with E-state index in [1.807, 2.05) is 17.7 Å². The molecule has 1 amide bonds. The lowest BCUT2D eigenvalue weighted by Gasteiger charge is -2.12. The highest BCUT2D eigenvalue weighted by molar-refractivity contribution is 7.99. The van der Waals surface area contributed by atoms with E-state index in [0.29, 0.717) is 5.75 Å². The summed E-state index contributed by atoms with van der Waals surface area (Å²) in [4.78, 5) is 25.8. The summed E-state index contributed by atoms with van der Waals surface area (Å²) in [6, 6.07) is -0.823. The number of carbonyl (C=O) groups is 2. The molecule has 6 nitrogen and oxygen atoms in total. The SMILES string of the molecule is CC(=O)NC(CSCCn1ccnc1C)C(=O)O. The van der Waals surface area contributed by atoms with Crippen molar-refractivity contribution in [1.29, 1.82) is 0 Å². The Balaban J connectivity index is 2.29. The number of rotatable bonds is 7. The molecule has 1 unspecified atom stereocenters. The molecule has 1 aromatic heterocycles. The molecular formula is C11H17N3O3S. The lowest BCUT2D eigenvalue weighted by atomic mass is 10.3. The lowest BCUT2D eigenvalue weighted by molar-refractivity contribution is -0.140. The van der Waals surface area contributed by atoms with E-state index >= 15 is 0 Å². The summed E-state index contributed by atoms with van der Waals surface area (Å²) in [5, 5.41) is 11.3. The van der Waals surface area contributed by atoms with Crippen LogP contribution < -0.4 is 5.32 Å². The van der Waals surface area contributed by atoms with Gasteiger partial charge < -0.3 is 15.0 Å². The van der Waals surface area contributed by atoms with Crippen LogP contribution in [0.3, 0.4) is 0 Å². The number of carbonyl (C=O) groups excluding carboxylic acids is 1. The molecule has 100 valence electrons. The Morgan fingerprint density at radius 1 is 1.61 bits per heavy atom. The molecule has 0 spiro atoms. The Morgan fingerprint density at radius 3 is 2.83 bits per heavy atom. The predicted octanol–water partition coefficient (Wildman–Crippen LogP) is 0.514. The van der Waals surface area contributed by atoms with Crippen LogP contribution in [0, 0.1) is 6.92 Å². The number of hydrogen-bond acceptors (Lipinski definition) is 4. The molecule has 1 rings (SSSR count). The lowest BCUT2D eigenvalue weighted by Crippen LogP contribution is -2.41. The fourth-order valence-electron chi connectivity index (χ4n) is 1.42. The molecule has 7 heteroatoms. The van der Waals surface area contributed by atoms with Gasteiger partial charge in [0.15, 0.2) is 0 Å². The van der Waals surface area contributed by atoms with Crippen LogP contribution in [0.2, 0.25) is 0 Å². The van der Waals surface area contributed by atoms with Gasteiger partial charge in [0.1, 0.15) is 11.9 Å². The average molecular weight is 271 g/mol. The van der Waals surface area contributed by atoms with Gasteiger partial charge >= 0.3 is 5.97 Å². The number of thioether (sulfide) groups is 1. The van der Waals surface area contributed by atoms with Gasteiger partial charge in [-0.2, -0.15) is 11.8 Å². The normalized spacial score (nSPS) is 12.1. The molecule has 0 saturated carbocycles. The van der Waals surface area contributed by atoms with E-state index in [4.69, 9.17) is 5.11 Å². The van der Waals surface area contributed by atoms with Gasteiger partial charge in [-0.1, -0.05) is 0 Å². The van der Waals surface area contributed by atoms with Gasteiger partial charge in [0, 0.05) is 37.4 Å². The van der Waals surface area contributed by atoms with Crippen molar-refractivity contribution >= 4 is 23.6 Å². The summed E-state index contributed by atoms with van der Waals surface area (Å²) in [6.07, 6.45) is 3.62. The van der Waals surface area contributed by atoms with Gasteiger partial charge in [-0.25, -0.2) is 9.78 Å². The summed E-state index contributed by atoms with van der Waals surface area (Å²) in [5.74, 6) is 0.751. The van der Waals surface area contributed by atoms with Crippen molar-refractivity contribution in [3.63, 3.8) is 0 Å². The van der Waals surface area contributed by atoms with Gasteiger partial charge in [0.25, 0.3) is 0 Å². The summed E-state index contributed by atoms with van der Waals surface area (Å²) < 4.78 is 2.00. The standard InChI is InChI=1S/C11H17N3O3S/c1-8-12-3-4-14(8)5-6-18-7-10(11(16)17)13-9(2)15/h3-4,10H,5-7H2,1-2H3,(H,13,15)(H,16,17). The number of aryl methyl sites for hydroxylation is 2. The first-order valence-electron chi connectivity index (χ1n) is 5.56. The van der Waals surface area contributed by atoms with E-state index in [-0.39, 0.29) is 5.91 Å². The van der Waals surface area contributed by atoms with Crippen LogP contribution in [0.5, 0.6) is 0 Å². The van der Waals surface area contributed by atoms with E-state index in [2.05, 4.69) is 10.3 Å². The van der Waals surface area contributed by atoms with E-state index in [0.717, 1.165) is 18.1 Å². The molecule has 1 atom stereocenters. The molecule has 0 bridgehead atoms. The Hall–Kier alpha value is -1.50. The minimum Gasteiger partial charge on any atom is -0.480 e. The van der Waals surface area contributed by atoms with Crippen molar-refractivity contribution in [2.75, 3.05) is 11.5 Å². The van der Waals surface area contributed by atoms with Gasteiger partial charge in [0.2, 0.25) is 5.91 Å². The van der Waals surface area contributed by atoms with Crippen LogP contribution in [0.15, 0.2) is 12.4 Å². The molecule has 0 radical (unpaired) electrons. The molecule has 0 aromatic carbocycles. The molecule has 0 saturated heterocycles. The number of nitrogens with one attached hydrogen (secondary N) is 1. The van der Waals surface area contributed by atoms with E-state index in [1.165, 1.54) is 18.7 Å². The molecule has 0 aliphatic rings. The Kier molecular flexibility index (Phi) is 5.70. The van der Waals surface area contributed by atoms with Gasteiger partial charge in [-0.3, -0.25) is 4.79 Å². The summed E-state index contributed by atoms with van der Waals surface area (Å²) in [6.45, 7) is 4.01. The maximum atomic E-state index is 10.9. The number of imidazole rings is 1. The number of carboxylic acid groups (broad SMARTS) is 1. The smallest absolute Gasteiger partial charge is 0.327 e. The Bertz CT molecular complexity index is 419. The van der Waals surface area contributed by atoms with Crippen molar-refractivity contribution < 1.29 is 14.7 Å². The zero-order chi connectivity index (χ0) is 13.5. The third kappa shape index (κ3) is 4.79. The molecule has 1 aromatic rings. The largest absolute Gasteiger partial charge is 0.480 e. The average Bonchev–Trinajstić information content (AvgIpc) is 2.68. The van der Waals surface area contributed by atoms with Crippen molar-refractivity contribution in [3.05, 3.63) is 18.2 Å². The quantitative estimate of drug-likeness (QED) is 0.706. The van der Waals surface area contributed by atoms with Crippen LogP contribution in [0.25, 0.3) is 0 Å². The van der Waals surface area contributed by atoms with Crippen LogP contribution in [-0.4, -0.2) is 44.1 Å². The summed E-state index contributed by atoms with van der Waals surface area (Å²) in [5.41, 5.74) is 0. The fraction of sp³-hybridized carbons (Fsp3) is 0.545. The molecule has 0 aliphatic heterocycles. The second-order valence-electron chi connectivity index (χ2n) is 3.83. The third-order valence-electron chi connectivity index (χ3n) is 2.36. The minimum atomic E-state index is -1.00. The zero-order valence-corrected chi connectivity index (χ0v) is 11.2. The molecule has 1 heterocycles. The number of amides is 1. The first-order chi connectivity index (χ1) is 8.50. The van der Waals surface area contributed by atoms with Crippen LogP contribution in [0.1, 0.15) is 12.7 Å². The van der Waals surface area contributed by atoms with Crippen LogP contribution in [0.4, 0.5) is 0 Å². The first kappa shape index (κ1) is 14.6. The van der Waals surface area contributed by atoms with E-state index in [9.17, 15) is 9.59 Å². The van der Waals surface area contributed by atoms with Crippen molar-refractivity contribution in [1.82, 2.24) is 14.9 Å². The highest BCUT2D eigenvalue weighted by atomic mass is 32.2. The van der Waals surface area contributed by atoms with E-state index < -0.39 is 12.0 Å². The monoisotopic (exact) mass is 271 g/mol. The van der Waals surface area contributed by atoms with Crippen LogP contribution >= 0.6 is 11.8 Å².